The van der Waals surface area contributed by atoms with Crippen molar-refractivity contribution in [2.75, 3.05) is 13.1 Å². The van der Waals surface area contributed by atoms with Gasteiger partial charge in [0.1, 0.15) is 5.75 Å². The van der Waals surface area contributed by atoms with E-state index in [1.54, 1.807) is 31.2 Å². The molecule has 0 bridgehead atoms. The number of benzene rings is 1. The number of hydrogen-bond donors (Lipinski definition) is 3. The normalized spacial score (nSPS) is 10.6. The largest absolute Gasteiger partial charge is 0.508 e. The van der Waals surface area contributed by atoms with Gasteiger partial charge in [-0.2, -0.15) is 0 Å². The maximum atomic E-state index is 11.7. The first-order valence-electron chi connectivity index (χ1n) is 5.08. The molecule has 0 spiro atoms. The number of phenolic OH excluding ortho intramolecular Hbond substituents is 1. The van der Waals surface area contributed by atoms with Crippen LogP contribution in [0, 0.1) is 6.92 Å². The minimum atomic E-state index is -0.154. The topological polar surface area (TPSA) is 75.3 Å². The Kier molecular flexibility index (Phi) is 4.54. The van der Waals surface area contributed by atoms with Crippen LogP contribution in [0.3, 0.4) is 0 Å². The van der Waals surface area contributed by atoms with Gasteiger partial charge in [0, 0.05) is 18.7 Å². The number of nitrogens with two attached hydrogens (primary N) is 1. The van der Waals surface area contributed by atoms with Crippen molar-refractivity contribution >= 4 is 5.91 Å². The predicted octanol–water partition coefficient (Wildman–Crippen LogP) is 0.945. The second-order valence-corrected chi connectivity index (χ2v) is 3.42. The molecule has 0 heterocycles. The maximum absolute atomic E-state index is 11.7. The quantitative estimate of drug-likeness (QED) is 0.661. The number of rotatable bonds is 4. The SMILES string of the molecule is Cc1cc(O)ccc1C(=O)NC/C=C/CN. The van der Waals surface area contributed by atoms with Crippen LogP contribution in [0.25, 0.3) is 0 Å². The maximum Gasteiger partial charge on any atom is 0.251 e. The molecule has 4 nitrogen and oxygen atoms in total. The summed E-state index contributed by atoms with van der Waals surface area (Å²) < 4.78 is 0. The van der Waals surface area contributed by atoms with Gasteiger partial charge < -0.3 is 16.2 Å². The fourth-order valence-corrected chi connectivity index (χ4v) is 1.33. The number of phenols is 1. The van der Waals surface area contributed by atoms with E-state index in [0.29, 0.717) is 18.7 Å². The molecular formula is C12H16N2O2. The molecule has 0 aliphatic carbocycles. The summed E-state index contributed by atoms with van der Waals surface area (Å²) in [5.41, 5.74) is 6.59. The van der Waals surface area contributed by atoms with Crippen molar-refractivity contribution in [3.63, 3.8) is 0 Å². The average molecular weight is 220 g/mol. The highest BCUT2D eigenvalue weighted by Crippen LogP contribution is 2.15. The summed E-state index contributed by atoms with van der Waals surface area (Å²) in [6, 6.07) is 4.66. The number of carbonyl (C=O) groups excluding carboxylic acids is 1. The smallest absolute Gasteiger partial charge is 0.251 e. The standard InChI is InChI=1S/C12H16N2O2/c1-9-8-10(15)4-5-11(9)12(16)14-7-3-2-6-13/h2-5,8,15H,6-7,13H2,1H3,(H,14,16)/b3-2+. The van der Waals surface area contributed by atoms with Crippen molar-refractivity contribution in [2.45, 2.75) is 6.92 Å². The van der Waals surface area contributed by atoms with E-state index in [9.17, 15) is 9.90 Å². The van der Waals surface area contributed by atoms with Gasteiger partial charge in [-0.25, -0.2) is 0 Å². The number of aromatic hydroxyl groups is 1. The number of carbonyl (C=O) groups is 1. The Hall–Kier alpha value is -1.81. The fraction of sp³-hybridized carbons (Fsp3) is 0.250. The molecule has 0 unspecified atom stereocenters. The molecule has 86 valence electrons. The number of hydrogen-bond acceptors (Lipinski definition) is 3. The lowest BCUT2D eigenvalue weighted by Gasteiger charge is -2.06. The van der Waals surface area contributed by atoms with Gasteiger partial charge in [0.2, 0.25) is 0 Å². The Morgan fingerprint density at radius 3 is 2.88 bits per heavy atom. The molecule has 4 heteroatoms. The Labute approximate surface area is 94.8 Å². The lowest BCUT2D eigenvalue weighted by atomic mass is 10.1. The van der Waals surface area contributed by atoms with E-state index in [-0.39, 0.29) is 11.7 Å². The first kappa shape index (κ1) is 12.3. The van der Waals surface area contributed by atoms with Gasteiger partial charge in [-0.3, -0.25) is 4.79 Å². The summed E-state index contributed by atoms with van der Waals surface area (Å²) in [5.74, 6) is 0.0104. The molecule has 1 amide bonds. The van der Waals surface area contributed by atoms with Gasteiger partial charge >= 0.3 is 0 Å². The van der Waals surface area contributed by atoms with E-state index in [1.165, 1.54) is 6.07 Å². The summed E-state index contributed by atoms with van der Waals surface area (Å²) in [6.07, 6.45) is 3.58. The fourth-order valence-electron chi connectivity index (χ4n) is 1.33. The number of nitrogens with one attached hydrogen (secondary N) is 1. The van der Waals surface area contributed by atoms with Crippen LogP contribution in [0.15, 0.2) is 30.4 Å². The number of aryl methyl sites for hydroxylation is 1. The highest BCUT2D eigenvalue weighted by molar-refractivity contribution is 5.95. The summed E-state index contributed by atoms with van der Waals surface area (Å²) in [7, 11) is 0. The van der Waals surface area contributed by atoms with Gasteiger partial charge in [0.05, 0.1) is 0 Å². The van der Waals surface area contributed by atoms with E-state index < -0.39 is 0 Å². The minimum Gasteiger partial charge on any atom is -0.508 e. The number of amides is 1. The zero-order valence-corrected chi connectivity index (χ0v) is 9.23. The predicted molar refractivity (Wildman–Crippen MR) is 63.4 cm³/mol. The van der Waals surface area contributed by atoms with Crippen LogP contribution in [-0.4, -0.2) is 24.1 Å². The van der Waals surface area contributed by atoms with Crippen LogP contribution in [0.5, 0.6) is 5.75 Å². The molecule has 0 atom stereocenters. The van der Waals surface area contributed by atoms with Gasteiger partial charge in [-0.1, -0.05) is 12.2 Å². The molecule has 0 aromatic heterocycles. The molecule has 0 fully saturated rings. The Balaban J connectivity index is 2.63. The van der Waals surface area contributed by atoms with Gasteiger partial charge in [0.15, 0.2) is 0 Å². The summed E-state index contributed by atoms with van der Waals surface area (Å²) in [6.45, 7) is 2.70. The molecule has 1 aromatic rings. The molecule has 16 heavy (non-hydrogen) atoms. The van der Waals surface area contributed by atoms with Crippen LogP contribution >= 0.6 is 0 Å². The molecule has 0 saturated heterocycles. The Morgan fingerprint density at radius 1 is 1.50 bits per heavy atom. The van der Waals surface area contributed by atoms with Crippen molar-refractivity contribution in [2.24, 2.45) is 5.73 Å². The zero-order chi connectivity index (χ0) is 12.0. The lowest BCUT2D eigenvalue weighted by molar-refractivity contribution is 0.0957. The van der Waals surface area contributed by atoms with Crippen molar-refractivity contribution in [1.82, 2.24) is 5.32 Å². The van der Waals surface area contributed by atoms with Crippen molar-refractivity contribution in [3.8, 4) is 5.75 Å². The van der Waals surface area contributed by atoms with E-state index in [4.69, 9.17) is 5.73 Å². The second-order valence-electron chi connectivity index (χ2n) is 3.42. The Bertz CT molecular complexity index is 400. The van der Waals surface area contributed by atoms with Crippen molar-refractivity contribution in [3.05, 3.63) is 41.5 Å². The van der Waals surface area contributed by atoms with Crippen molar-refractivity contribution < 1.29 is 9.90 Å². The molecular weight excluding hydrogens is 204 g/mol. The monoisotopic (exact) mass is 220 g/mol. The van der Waals surface area contributed by atoms with E-state index in [2.05, 4.69) is 5.32 Å². The van der Waals surface area contributed by atoms with E-state index >= 15 is 0 Å². The van der Waals surface area contributed by atoms with Crippen LogP contribution in [-0.2, 0) is 0 Å². The summed E-state index contributed by atoms with van der Waals surface area (Å²) in [5, 5.41) is 11.9. The molecule has 0 radical (unpaired) electrons. The third-order valence-corrected chi connectivity index (χ3v) is 2.14. The van der Waals surface area contributed by atoms with Crippen LogP contribution in [0.4, 0.5) is 0 Å². The van der Waals surface area contributed by atoms with Crippen LogP contribution in [0.2, 0.25) is 0 Å². The highest BCUT2D eigenvalue weighted by atomic mass is 16.3. The second kappa shape index (κ2) is 5.92. The third kappa shape index (κ3) is 3.40. The van der Waals surface area contributed by atoms with Gasteiger partial charge in [0.25, 0.3) is 5.91 Å². The summed E-state index contributed by atoms with van der Waals surface area (Å²) in [4.78, 5) is 11.7. The molecule has 1 aromatic carbocycles. The zero-order valence-electron chi connectivity index (χ0n) is 9.23. The van der Waals surface area contributed by atoms with Gasteiger partial charge in [-0.05, 0) is 30.7 Å². The molecule has 0 saturated carbocycles. The third-order valence-electron chi connectivity index (χ3n) is 2.14. The molecule has 0 aliphatic rings. The lowest BCUT2D eigenvalue weighted by Crippen LogP contribution is -2.24. The van der Waals surface area contributed by atoms with Gasteiger partial charge in [-0.15, -0.1) is 0 Å². The molecule has 0 aliphatic heterocycles. The van der Waals surface area contributed by atoms with E-state index in [1.807, 2.05) is 0 Å². The minimum absolute atomic E-state index is 0.154. The first-order valence-corrected chi connectivity index (χ1v) is 5.08. The van der Waals surface area contributed by atoms with Crippen LogP contribution in [0.1, 0.15) is 15.9 Å². The van der Waals surface area contributed by atoms with E-state index in [0.717, 1.165) is 5.56 Å². The summed E-state index contributed by atoms with van der Waals surface area (Å²) >= 11 is 0. The average Bonchev–Trinajstić information content (AvgIpc) is 2.24. The molecule has 1 rings (SSSR count). The van der Waals surface area contributed by atoms with Crippen molar-refractivity contribution in [1.29, 1.82) is 0 Å². The first-order chi connectivity index (χ1) is 7.65. The molecule has 4 N–H and O–H groups in total. The Morgan fingerprint density at radius 2 is 2.25 bits per heavy atom. The van der Waals surface area contributed by atoms with Crippen LogP contribution < -0.4 is 11.1 Å². The highest BCUT2D eigenvalue weighted by Gasteiger charge is 2.07.